The highest BCUT2D eigenvalue weighted by Crippen LogP contribution is 1.66. The maximum absolute atomic E-state index is 9.34. The van der Waals surface area contributed by atoms with Gasteiger partial charge in [-0.1, -0.05) is 6.58 Å². The SMILES string of the molecule is C=CN(O)C=O. The predicted octanol–water partition coefficient (Wildman–Crippen LogP) is -0.0225. The summed E-state index contributed by atoms with van der Waals surface area (Å²) in [4.78, 5) is 9.34. The van der Waals surface area contributed by atoms with Crippen LogP contribution in [0.25, 0.3) is 0 Å². The average molecular weight is 87.1 g/mol. The van der Waals surface area contributed by atoms with Gasteiger partial charge in [0.1, 0.15) is 0 Å². The second-order valence-corrected chi connectivity index (χ2v) is 0.668. The highest BCUT2D eigenvalue weighted by atomic mass is 16.5. The van der Waals surface area contributed by atoms with Crippen LogP contribution in [-0.2, 0) is 4.79 Å². The van der Waals surface area contributed by atoms with Gasteiger partial charge in [-0.05, 0) is 0 Å². The van der Waals surface area contributed by atoms with Gasteiger partial charge in [0.2, 0.25) is 6.41 Å². The summed E-state index contributed by atoms with van der Waals surface area (Å²) in [6.45, 7) is 3.08. The summed E-state index contributed by atoms with van der Waals surface area (Å²) in [5, 5.41) is 8.35. The molecule has 34 valence electrons. The highest BCUT2D eigenvalue weighted by molar-refractivity contribution is 5.46. The molecule has 1 N–H and O–H groups in total. The summed E-state index contributed by atoms with van der Waals surface area (Å²) in [5.74, 6) is 0. The molecular weight excluding hydrogens is 82.0 g/mol. The molecule has 0 unspecified atom stereocenters. The lowest BCUT2D eigenvalue weighted by molar-refractivity contribution is -0.138. The fourth-order valence-electron chi connectivity index (χ4n) is 0.0430. The number of nitrogens with zero attached hydrogens (tertiary/aromatic N) is 1. The molecule has 0 saturated heterocycles. The van der Waals surface area contributed by atoms with E-state index in [1.165, 1.54) is 0 Å². The Bertz CT molecular complexity index is 53.8. The van der Waals surface area contributed by atoms with Crippen LogP contribution in [0.15, 0.2) is 12.8 Å². The molecule has 0 atom stereocenters. The highest BCUT2D eigenvalue weighted by Gasteiger charge is 1.76. The second kappa shape index (κ2) is 2.41. The van der Waals surface area contributed by atoms with Crippen molar-refractivity contribution in [3.63, 3.8) is 0 Å². The quantitative estimate of drug-likeness (QED) is 0.292. The fraction of sp³-hybridized carbons (Fsp3) is 0. The van der Waals surface area contributed by atoms with E-state index in [-0.39, 0.29) is 6.41 Å². The molecule has 0 aromatic rings. The zero-order valence-corrected chi connectivity index (χ0v) is 3.16. The van der Waals surface area contributed by atoms with Crippen LogP contribution in [0.2, 0.25) is 0 Å². The maximum atomic E-state index is 9.34. The number of hydrogen-bond acceptors (Lipinski definition) is 2. The number of rotatable bonds is 2. The van der Waals surface area contributed by atoms with E-state index in [1.807, 2.05) is 0 Å². The van der Waals surface area contributed by atoms with Gasteiger partial charge in [0.25, 0.3) is 0 Å². The van der Waals surface area contributed by atoms with Gasteiger partial charge in [-0.15, -0.1) is 0 Å². The first-order valence-corrected chi connectivity index (χ1v) is 1.36. The number of amides is 1. The zero-order valence-electron chi connectivity index (χ0n) is 3.16. The predicted molar refractivity (Wildman–Crippen MR) is 19.9 cm³/mol. The summed E-state index contributed by atoms with van der Waals surface area (Å²) in [7, 11) is 0. The normalized spacial score (nSPS) is 6.83. The number of carbonyl (C=O) groups excluding carboxylic acids is 1. The topological polar surface area (TPSA) is 40.5 Å². The van der Waals surface area contributed by atoms with Crippen molar-refractivity contribution in [1.29, 1.82) is 0 Å². The molecule has 0 aromatic carbocycles. The molecule has 0 aliphatic carbocycles. The third-order valence-electron chi connectivity index (χ3n) is 0.295. The van der Waals surface area contributed by atoms with Crippen LogP contribution in [0.5, 0.6) is 0 Å². The van der Waals surface area contributed by atoms with Gasteiger partial charge in [0.05, 0.1) is 0 Å². The molecule has 0 aromatic heterocycles. The molecule has 0 spiro atoms. The molecule has 0 saturated carbocycles. The van der Waals surface area contributed by atoms with Crippen LogP contribution >= 0.6 is 0 Å². The largest absolute Gasteiger partial charge is 0.282 e. The molecule has 3 nitrogen and oxygen atoms in total. The lowest BCUT2D eigenvalue weighted by Crippen LogP contribution is -2.05. The first-order valence-electron chi connectivity index (χ1n) is 1.36. The maximum Gasteiger partial charge on any atom is 0.237 e. The Balaban J connectivity index is 3.21. The molecule has 0 aliphatic heterocycles. The first kappa shape index (κ1) is 5.17. The minimum atomic E-state index is 0.243. The summed E-state index contributed by atoms with van der Waals surface area (Å²) in [6.07, 6.45) is 1.24. The minimum absolute atomic E-state index is 0.243. The molecular formula is C3H5NO2. The first-order chi connectivity index (χ1) is 2.81. The molecule has 0 aliphatic rings. The summed E-state index contributed by atoms with van der Waals surface area (Å²) in [5.41, 5.74) is 0. The lowest BCUT2D eigenvalue weighted by Gasteiger charge is -1.93. The van der Waals surface area contributed by atoms with Crippen molar-refractivity contribution in [1.82, 2.24) is 5.06 Å². The van der Waals surface area contributed by atoms with Crippen molar-refractivity contribution in [2.45, 2.75) is 0 Å². The van der Waals surface area contributed by atoms with Gasteiger partial charge in [-0.3, -0.25) is 10.0 Å². The van der Waals surface area contributed by atoms with Gasteiger partial charge in [-0.2, -0.15) is 0 Å². The standard InChI is InChI=1S/C3H5NO2/c1-2-4(6)3-5/h2-3,6H,1H2. The van der Waals surface area contributed by atoms with E-state index in [4.69, 9.17) is 5.21 Å². The molecule has 0 heterocycles. The van der Waals surface area contributed by atoms with Crippen molar-refractivity contribution in [2.24, 2.45) is 0 Å². The Labute approximate surface area is 35.4 Å². The second-order valence-electron chi connectivity index (χ2n) is 0.668. The zero-order chi connectivity index (χ0) is 4.99. The molecule has 6 heavy (non-hydrogen) atoms. The van der Waals surface area contributed by atoms with Crippen LogP contribution in [0.3, 0.4) is 0 Å². The van der Waals surface area contributed by atoms with E-state index in [2.05, 4.69) is 6.58 Å². The van der Waals surface area contributed by atoms with Crippen molar-refractivity contribution in [2.75, 3.05) is 0 Å². The molecule has 0 radical (unpaired) electrons. The number of hydrogen-bond donors (Lipinski definition) is 1. The van der Waals surface area contributed by atoms with Crippen molar-refractivity contribution in [3.05, 3.63) is 12.8 Å². The van der Waals surface area contributed by atoms with Crippen molar-refractivity contribution in [3.8, 4) is 0 Å². The van der Waals surface area contributed by atoms with Gasteiger partial charge in [0, 0.05) is 6.20 Å². The number of carbonyl (C=O) groups is 1. The fourth-order valence-corrected chi connectivity index (χ4v) is 0.0430. The van der Waals surface area contributed by atoms with E-state index in [0.29, 0.717) is 5.06 Å². The van der Waals surface area contributed by atoms with Crippen LogP contribution in [0, 0.1) is 0 Å². The number of hydroxylamine groups is 2. The van der Waals surface area contributed by atoms with Crippen LogP contribution in [0.4, 0.5) is 0 Å². The third kappa shape index (κ3) is 1.49. The van der Waals surface area contributed by atoms with Crippen molar-refractivity contribution >= 4 is 6.41 Å². The molecule has 3 heteroatoms. The van der Waals surface area contributed by atoms with E-state index in [1.54, 1.807) is 0 Å². The van der Waals surface area contributed by atoms with Gasteiger partial charge < -0.3 is 0 Å². The van der Waals surface area contributed by atoms with E-state index >= 15 is 0 Å². The minimum Gasteiger partial charge on any atom is -0.282 e. The van der Waals surface area contributed by atoms with E-state index < -0.39 is 0 Å². The van der Waals surface area contributed by atoms with Crippen LogP contribution < -0.4 is 0 Å². The van der Waals surface area contributed by atoms with E-state index in [0.717, 1.165) is 6.20 Å². The van der Waals surface area contributed by atoms with Gasteiger partial charge in [0.15, 0.2) is 0 Å². The van der Waals surface area contributed by atoms with Crippen molar-refractivity contribution < 1.29 is 10.0 Å². The third-order valence-corrected chi connectivity index (χ3v) is 0.295. The monoisotopic (exact) mass is 87.0 g/mol. The van der Waals surface area contributed by atoms with Gasteiger partial charge in [-0.25, -0.2) is 5.06 Å². The molecule has 0 bridgehead atoms. The molecule has 1 amide bonds. The lowest BCUT2D eigenvalue weighted by atomic mass is 11.0. The molecule has 0 rings (SSSR count). The smallest absolute Gasteiger partial charge is 0.237 e. The Kier molecular flexibility index (Phi) is 2.08. The molecule has 0 fully saturated rings. The Morgan fingerprint density at radius 3 is 2.33 bits per heavy atom. The van der Waals surface area contributed by atoms with Gasteiger partial charge >= 0.3 is 0 Å². The Hall–Kier alpha value is -0.830. The summed E-state index contributed by atoms with van der Waals surface area (Å²) < 4.78 is 0. The average Bonchev–Trinajstić information content (AvgIpc) is 1.65. The van der Waals surface area contributed by atoms with E-state index in [9.17, 15) is 4.79 Å². The Morgan fingerprint density at radius 1 is 1.83 bits per heavy atom. The van der Waals surface area contributed by atoms with Crippen LogP contribution in [-0.4, -0.2) is 16.7 Å². The summed E-state index contributed by atoms with van der Waals surface area (Å²) in [6, 6.07) is 0. The van der Waals surface area contributed by atoms with Crippen LogP contribution in [0.1, 0.15) is 0 Å². The Morgan fingerprint density at radius 2 is 2.33 bits per heavy atom. The summed E-state index contributed by atoms with van der Waals surface area (Å²) >= 11 is 0.